The van der Waals surface area contributed by atoms with E-state index in [9.17, 15) is 4.79 Å². The van der Waals surface area contributed by atoms with Crippen LogP contribution < -0.4 is 0 Å². The number of nitrogens with zero attached hydrogens (tertiary/aromatic N) is 1. The number of aliphatic hydroxyl groups is 1. The van der Waals surface area contributed by atoms with Gasteiger partial charge < -0.3 is 14.7 Å². The largest absolute Gasteiger partial charge is 0.384 e. The second-order valence-corrected chi connectivity index (χ2v) is 4.75. The zero-order valence-electron chi connectivity index (χ0n) is 11.7. The molecule has 1 amide bonds. The molecule has 106 valence electrons. The first-order valence-corrected chi connectivity index (χ1v) is 6.80. The first-order valence-electron chi connectivity index (χ1n) is 6.80. The van der Waals surface area contributed by atoms with Crippen molar-refractivity contribution in [2.24, 2.45) is 0 Å². The van der Waals surface area contributed by atoms with Crippen LogP contribution in [0.5, 0.6) is 0 Å². The van der Waals surface area contributed by atoms with E-state index in [-0.39, 0.29) is 12.5 Å². The topological polar surface area (TPSA) is 49.8 Å². The van der Waals surface area contributed by atoms with Gasteiger partial charge in [-0.25, -0.2) is 0 Å². The molecular weight excluding hydrogens is 254 g/mol. The lowest BCUT2D eigenvalue weighted by Crippen LogP contribution is -2.33. The summed E-state index contributed by atoms with van der Waals surface area (Å²) in [4.78, 5) is 14.4. The SMILES string of the molecule is Cc1ccc(C#CCO)cc1C(=O)N1CCCOCC1. The average Bonchev–Trinajstić information content (AvgIpc) is 2.75. The van der Waals surface area contributed by atoms with E-state index in [4.69, 9.17) is 9.84 Å². The van der Waals surface area contributed by atoms with Crippen LogP contribution in [0.1, 0.15) is 27.9 Å². The summed E-state index contributed by atoms with van der Waals surface area (Å²) >= 11 is 0. The van der Waals surface area contributed by atoms with Crippen molar-refractivity contribution in [3.05, 3.63) is 34.9 Å². The quantitative estimate of drug-likeness (QED) is 0.782. The molecule has 4 nitrogen and oxygen atoms in total. The number of aliphatic hydroxyl groups excluding tert-OH is 1. The van der Waals surface area contributed by atoms with Gasteiger partial charge in [0.05, 0.1) is 6.61 Å². The molecule has 2 rings (SSSR count). The Morgan fingerprint density at radius 2 is 2.25 bits per heavy atom. The molecule has 20 heavy (non-hydrogen) atoms. The maximum Gasteiger partial charge on any atom is 0.254 e. The van der Waals surface area contributed by atoms with Gasteiger partial charge in [0.1, 0.15) is 6.61 Å². The third-order valence-electron chi connectivity index (χ3n) is 3.29. The Morgan fingerprint density at radius 1 is 1.40 bits per heavy atom. The van der Waals surface area contributed by atoms with Gasteiger partial charge in [-0.1, -0.05) is 17.9 Å². The normalized spacial score (nSPS) is 15.2. The monoisotopic (exact) mass is 273 g/mol. The standard InChI is InChI=1S/C16H19NO3/c1-13-5-6-14(4-2-9-18)12-15(13)16(19)17-7-3-10-20-11-8-17/h5-6,12,18H,3,7-11H2,1H3. The molecule has 0 bridgehead atoms. The predicted molar refractivity (Wildman–Crippen MR) is 76.5 cm³/mol. The Kier molecular flexibility index (Phi) is 5.16. The van der Waals surface area contributed by atoms with Crippen LogP contribution in [0, 0.1) is 18.8 Å². The first-order chi connectivity index (χ1) is 9.72. The van der Waals surface area contributed by atoms with Gasteiger partial charge in [0, 0.05) is 30.8 Å². The van der Waals surface area contributed by atoms with Crippen molar-refractivity contribution < 1.29 is 14.6 Å². The van der Waals surface area contributed by atoms with Crippen molar-refractivity contribution in [3.8, 4) is 11.8 Å². The van der Waals surface area contributed by atoms with Gasteiger partial charge in [0.25, 0.3) is 5.91 Å². The minimum absolute atomic E-state index is 0.0284. The maximum atomic E-state index is 12.6. The molecule has 1 aromatic rings. The number of ether oxygens (including phenoxy) is 1. The molecule has 1 aliphatic heterocycles. The Morgan fingerprint density at radius 3 is 3.05 bits per heavy atom. The number of benzene rings is 1. The number of aryl methyl sites for hydroxylation is 1. The van der Waals surface area contributed by atoms with Crippen LogP contribution in [0.2, 0.25) is 0 Å². The highest BCUT2D eigenvalue weighted by atomic mass is 16.5. The smallest absolute Gasteiger partial charge is 0.254 e. The van der Waals surface area contributed by atoms with E-state index in [1.54, 1.807) is 6.07 Å². The van der Waals surface area contributed by atoms with Crippen LogP contribution in [-0.2, 0) is 4.74 Å². The molecule has 0 spiro atoms. The third kappa shape index (κ3) is 3.60. The molecule has 0 aliphatic carbocycles. The van der Waals surface area contributed by atoms with Gasteiger partial charge in [-0.05, 0) is 31.0 Å². The Bertz CT molecular complexity index is 534. The Labute approximate surface area is 119 Å². The molecule has 1 aromatic carbocycles. The van der Waals surface area contributed by atoms with Crippen molar-refractivity contribution in [1.82, 2.24) is 4.90 Å². The lowest BCUT2D eigenvalue weighted by Gasteiger charge is -2.20. The van der Waals surface area contributed by atoms with E-state index in [0.29, 0.717) is 25.3 Å². The third-order valence-corrected chi connectivity index (χ3v) is 3.29. The van der Waals surface area contributed by atoms with E-state index in [2.05, 4.69) is 11.8 Å². The lowest BCUT2D eigenvalue weighted by molar-refractivity contribution is 0.0740. The second kappa shape index (κ2) is 7.09. The molecule has 1 fully saturated rings. The zero-order chi connectivity index (χ0) is 14.4. The molecule has 1 saturated heterocycles. The van der Waals surface area contributed by atoms with Crippen LogP contribution >= 0.6 is 0 Å². The number of amides is 1. The first kappa shape index (κ1) is 14.6. The number of carbonyl (C=O) groups excluding carboxylic acids is 1. The highest BCUT2D eigenvalue weighted by molar-refractivity contribution is 5.96. The molecule has 0 saturated carbocycles. The molecule has 0 aromatic heterocycles. The summed E-state index contributed by atoms with van der Waals surface area (Å²) in [6.07, 6.45) is 0.870. The summed E-state index contributed by atoms with van der Waals surface area (Å²) < 4.78 is 5.37. The summed E-state index contributed by atoms with van der Waals surface area (Å²) in [5.41, 5.74) is 2.37. The minimum Gasteiger partial charge on any atom is -0.384 e. The van der Waals surface area contributed by atoms with Crippen molar-refractivity contribution >= 4 is 5.91 Å². The van der Waals surface area contributed by atoms with Gasteiger partial charge in [0.2, 0.25) is 0 Å². The van der Waals surface area contributed by atoms with E-state index < -0.39 is 0 Å². The number of carbonyl (C=O) groups is 1. The average molecular weight is 273 g/mol. The fraction of sp³-hybridized carbons (Fsp3) is 0.438. The van der Waals surface area contributed by atoms with Crippen molar-refractivity contribution in [1.29, 1.82) is 0 Å². The molecule has 0 unspecified atom stereocenters. The highest BCUT2D eigenvalue weighted by Gasteiger charge is 2.19. The van der Waals surface area contributed by atoms with Gasteiger partial charge in [-0.2, -0.15) is 0 Å². The molecular formula is C16H19NO3. The molecule has 0 atom stereocenters. The molecule has 4 heteroatoms. The van der Waals surface area contributed by atoms with E-state index in [0.717, 1.165) is 24.1 Å². The van der Waals surface area contributed by atoms with Crippen LogP contribution in [0.25, 0.3) is 0 Å². The van der Waals surface area contributed by atoms with Gasteiger partial charge in [0.15, 0.2) is 0 Å². The number of rotatable bonds is 1. The van der Waals surface area contributed by atoms with Crippen molar-refractivity contribution in [3.63, 3.8) is 0 Å². The zero-order valence-corrected chi connectivity index (χ0v) is 11.7. The summed E-state index contributed by atoms with van der Waals surface area (Å²) in [6.45, 7) is 4.40. The highest BCUT2D eigenvalue weighted by Crippen LogP contribution is 2.14. The van der Waals surface area contributed by atoms with Crippen LogP contribution in [0.15, 0.2) is 18.2 Å². The van der Waals surface area contributed by atoms with Crippen molar-refractivity contribution in [2.45, 2.75) is 13.3 Å². The molecule has 1 heterocycles. The predicted octanol–water partition coefficient (Wildman–Crippen LogP) is 1.20. The summed E-state index contributed by atoms with van der Waals surface area (Å²) in [5, 5.41) is 8.73. The van der Waals surface area contributed by atoms with Gasteiger partial charge in [-0.3, -0.25) is 4.79 Å². The van der Waals surface area contributed by atoms with Crippen molar-refractivity contribution in [2.75, 3.05) is 32.9 Å². The summed E-state index contributed by atoms with van der Waals surface area (Å²) in [7, 11) is 0. The maximum absolute atomic E-state index is 12.6. The summed E-state index contributed by atoms with van der Waals surface area (Å²) in [6, 6.07) is 5.55. The molecule has 1 aliphatic rings. The van der Waals surface area contributed by atoms with Gasteiger partial charge in [-0.15, -0.1) is 0 Å². The fourth-order valence-corrected chi connectivity index (χ4v) is 2.19. The van der Waals surface area contributed by atoms with Crippen LogP contribution in [0.3, 0.4) is 0 Å². The van der Waals surface area contributed by atoms with E-state index in [1.165, 1.54) is 0 Å². The van der Waals surface area contributed by atoms with Crippen LogP contribution in [-0.4, -0.2) is 48.8 Å². The molecule has 1 N–H and O–H groups in total. The molecule has 0 radical (unpaired) electrons. The number of hydrogen-bond acceptors (Lipinski definition) is 3. The van der Waals surface area contributed by atoms with E-state index in [1.807, 2.05) is 24.0 Å². The lowest BCUT2D eigenvalue weighted by atomic mass is 10.0. The van der Waals surface area contributed by atoms with Crippen LogP contribution in [0.4, 0.5) is 0 Å². The number of hydrogen-bond donors (Lipinski definition) is 1. The van der Waals surface area contributed by atoms with E-state index >= 15 is 0 Å². The Balaban J connectivity index is 2.23. The fourth-order valence-electron chi connectivity index (χ4n) is 2.19. The van der Waals surface area contributed by atoms with Gasteiger partial charge >= 0.3 is 0 Å². The minimum atomic E-state index is -0.180. The Hall–Kier alpha value is -1.83. The summed E-state index contributed by atoms with van der Waals surface area (Å²) in [5.74, 6) is 5.47. The second-order valence-electron chi connectivity index (χ2n) is 4.75.